The van der Waals surface area contributed by atoms with Gasteiger partial charge in [-0.25, -0.2) is 0 Å². The monoisotopic (exact) mass is 258 g/mol. The Morgan fingerprint density at radius 3 is 2.22 bits per heavy atom. The maximum absolute atomic E-state index is 11.7. The van der Waals surface area contributed by atoms with E-state index in [4.69, 9.17) is 14.2 Å². The number of hydrogen-bond acceptors (Lipinski definition) is 6. The third-order valence-electron chi connectivity index (χ3n) is 2.61. The van der Waals surface area contributed by atoms with Crippen LogP contribution in [0.4, 0.5) is 0 Å². The number of hydrogen-bond donors (Lipinski definition) is 0. The van der Waals surface area contributed by atoms with Crippen LogP contribution in [-0.4, -0.2) is 37.2 Å². The first-order valence-electron chi connectivity index (χ1n) is 6.11. The molecule has 1 heterocycles. The molecule has 1 aliphatic rings. The summed E-state index contributed by atoms with van der Waals surface area (Å²) in [5.74, 6) is -2.56. The van der Waals surface area contributed by atoms with Gasteiger partial charge in [0.1, 0.15) is 6.10 Å². The van der Waals surface area contributed by atoms with E-state index in [1.165, 1.54) is 0 Å². The SMILES string of the molecule is CCOC(=O)C(CC1CCC(=O)O1)C(=O)OCC. The Kier molecular flexibility index (Phi) is 5.61. The fourth-order valence-electron chi connectivity index (χ4n) is 1.79. The molecule has 0 aromatic rings. The number of carbonyl (C=O) groups is 3. The lowest BCUT2D eigenvalue weighted by Crippen LogP contribution is -2.31. The molecule has 102 valence electrons. The molecular weight excluding hydrogens is 240 g/mol. The Morgan fingerprint density at radius 1 is 1.28 bits per heavy atom. The van der Waals surface area contributed by atoms with Gasteiger partial charge in [-0.05, 0) is 20.3 Å². The molecule has 1 atom stereocenters. The van der Waals surface area contributed by atoms with Crippen LogP contribution in [-0.2, 0) is 28.6 Å². The maximum Gasteiger partial charge on any atom is 0.320 e. The maximum atomic E-state index is 11.7. The van der Waals surface area contributed by atoms with Crippen LogP contribution in [0.5, 0.6) is 0 Å². The fraction of sp³-hybridized carbons (Fsp3) is 0.750. The van der Waals surface area contributed by atoms with E-state index in [0.29, 0.717) is 12.8 Å². The lowest BCUT2D eigenvalue weighted by molar-refractivity contribution is -0.164. The fourth-order valence-corrected chi connectivity index (χ4v) is 1.79. The van der Waals surface area contributed by atoms with Gasteiger partial charge < -0.3 is 14.2 Å². The highest BCUT2D eigenvalue weighted by Gasteiger charge is 2.35. The lowest BCUT2D eigenvalue weighted by atomic mass is 10.00. The van der Waals surface area contributed by atoms with Crippen molar-refractivity contribution < 1.29 is 28.6 Å². The summed E-state index contributed by atoms with van der Waals surface area (Å²) in [4.78, 5) is 34.3. The summed E-state index contributed by atoms with van der Waals surface area (Å²) in [5.41, 5.74) is 0. The smallest absolute Gasteiger partial charge is 0.320 e. The Balaban J connectivity index is 2.61. The van der Waals surface area contributed by atoms with E-state index in [2.05, 4.69) is 0 Å². The molecule has 1 rings (SSSR count). The van der Waals surface area contributed by atoms with Gasteiger partial charge in [0.15, 0.2) is 5.92 Å². The molecule has 0 aliphatic carbocycles. The third-order valence-corrected chi connectivity index (χ3v) is 2.61. The summed E-state index contributed by atoms with van der Waals surface area (Å²) >= 11 is 0. The topological polar surface area (TPSA) is 78.9 Å². The minimum atomic E-state index is -1.01. The molecule has 1 aliphatic heterocycles. The standard InChI is InChI=1S/C12H18O6/c1-3-16-11(14)9(12(15)17-4-2)7-8-5-6-10(13)18-8/h8-9H,3-7H2,1-2H3. The van der Waals surface area contributed by atoms with Crippen LogP contribution in [0.25, 0.3) is 0 Å². The Labute approximate surface area is 106 Å². The number of ether oxygens (including phenoxy) is 3. The highest BCUT2D eigenvalue weighted by molar-refractivity contribution is 5.95. The zero-order valence-corrected chi connectivity index (χ0v) is 10.6. The van der Waals surface area contributed by atoms with E-state index in [9.17, 15) is 14.4 Å². The number of carbonyl (C=O) groups excluding carboxylic acids is 3. The average molecular weight is 258 g/mol. The van der Waals surface area contributed by atoms with Crippen LogP contribution < -0.4 is 0 Å². The van der Waals surface area contributed by atoms with E-state index < -0.39 is 24.0 Å². The minimum Gasteiger partial charge on any atom is -0.465 e. The van der Waals surface area contributed by atoms with Crippen molar-refractivity contribution in [3.63, 3.8) is 0 Å². The molecule has 6 nitrogen and oxygen atoms in total. The van der Waals surface area contributed by atoms with E-state index in [1.54, 1.807) is 13.8 Å². The zero-order chi connectivity index (χ0) is 13.5. The minimum absolute atomic E-state index is 0.128. The van der Waals surface area contributed by atoms with Crippen molar-refractivity contribution in [3.8, 4) is 0 Å². The van der Waals surface area contributed by atoms with Crippen LogP contribution in [0, 0.1) is 5.92 Å². The molecule has 0 aromatic heterocycles. The molecule has 0 bridgehead atoms. The van der Waals surface area contributed by atoms with E-state index >= 15 is 0 Å². The van der Waals surface area contributed by atoms with Crippen molar-refractivity contribution in [2.45, 2.75) is 39.2 Å². The van der Waals surface area contributed by atoms with Gasteiger partial charge in [0.25, 0.3) is 0 Å². The molecule has 0 N–H and O–H groups in total. The number of rotatable bonds is 6. The van der Waals surface area contributed by atoms with Crippen molar-refractivity contribution >= 4 is 17.9 Å². The third kappa shape index (κ3) is 4.01. The predicted octanol–water partition coefficient (Wildman–Crippen LogP) is 0.825. The largest absolute Gasteiger partial charge is 0.465 e. The summed E-state index contributed by atoms with van der Waals surface area (Å²) < 4.78 is 14.7. The normalized spacial score (nSPS) is 18.6. The van der Waals surface area contributed by atoms with Crippen molar-refractivity contribution in [2.24, 2.45) is 5.92 Å². The van der Waals surface area contributed by atoms with Crippen LogP contribution >= 0.6 is 0 Å². The lowest BCUT2D eigenvalue weighted by Gasteiger charge is -2.17. The van der Waals surface area contributed by atoms with Crippen molar-refractivity contribution in [1.29, 1.82) is 0 Å². The van der Waals surface area contributed by atoms with Gasteiger partial charge in [-0.15, -0.1) is 0 Å². The van der Waals surface area contributed by atoms with Gasteiger partial charge in [0.05, 0.1) is 13.2 Å². The van der Waals surface area contributed by atoms with E-state index in [1.807, 2.05) is 0 Å². The van der Waals surface area contributed by atoms with Gasteiger partial charge in [-0.3, -0.25) is 14.4 Å². The summed E-state index contributed by atoms with van der Waals surface area (Å²) in [6, 6.07) is 0. The van der Waals surface area contributed by atoms with Crippen molar-refractivity contribution in [1.82, 2.24) is 0 Å². The summed E-state index contributed by atoms with van der Waals surface area (Å²) in [5, 5.41) is 0. The van der Waals surface area contributed by atoms with Gasteiger partial charge >= 0.3 is 17.9 Å². The quantitative estimate of drug-likeness (QED) is 0.399. The Morgan fingerprint density at radius 2 is 1.83 bits per heavy atom. The highest BCUT2D eigenvalue weighted by Crippen LogP contribution is 2.22. The Hall–Kier alpha value is -1.59. The van der Waals surface area contributed by atoms with E-state index in [-0.39, 0.29) is 25.6 Å². The predicted molar refractivity (Wildman–Crippen MR) is 60.5 cm³/mol. The second-order valence-electron chi connectivity index (χ2n) is 3.94. The summed E-state index contributed by atoms with van der Waals surface area (Å²) in [7, 11) is 0. The molecule has 0 aromatic carbocycles. The number of esters is 3. The molecule has 0 spiro atoms. The number of cyclic esters (lactones) is 1. The Bertz CT molecular complexity index is 307. The first-order valence-corrected chi connectivity index (χ1v) is 6.11. The molecule has 1 unspecified atom stereocenters. The van der Waals surface area contributed by atoms with Gasteiger partial charge in [-0.2, -0.15) is 0 Å². The first-order chi connectivity index (χ1) is 8.58. The molecule has 6 heteroatoms. The summed E-state index contributed by atoms with van der Waals surface area (Å²) in [6.45, 7) is 3.71. The average Bonchev–Trinajstić information content (AvgIpc) is 2.72. The molecule has 1 fully saturated rings. The molecule has 18 heavy (non-hydrogen) atoms. The molecule has 0 amide bonds. The second-order valence-corrected chi connectivity index (χ2v) is 3.94. The first kappa shape index (κ1) is 14.5. The highest BCUT2D eigenvalue weighted by atomic mass is 16.6. The van der Waals surface area contributed by atoms with E-state index in [0.717, 1.165) is 0 Å². The molecule has 0 radical (unpaired) electrons. The summed E-state index contributed by atoms with van der Waals surface area (Å²) in [6.07, 6.45) is 0.567. The van der Waals surface area contributed by atoms with Crippen LogP contribution in [0.1, 0.15) is 33.1 Å². The van der Waals surface area contributed by atoms with Gasteiger partial charge in [0, 0.05) is 12.8 Å². The van der Waals surface area contributed by atoms with Crippen LogP contribution in [0.2, 0.25) is 0 Å². The van der Waals surface area contributed by atoms with Crippen molar-refractivity contribution in [2.75, 3.05) is 13.2 Å². The van der Waals surface area contributed by atoms with Gasteiger partial charge in [0.2, 0.25) is 0 Å². The van der Waals surface area contributed by atoms with Gasteiger partial charge in [-0.1, -0.05) is 0 Å². The molecule has 1 saturated heterocycles. The second kappa shape index (κ2) is 6.98. The zero-order valence-electron chi connectivity index (χ0n) is 10.6. The van der Waals surface area contributed by atoms with Crippen LogP contribution in [0.15, 0.2) is 0 Å². The van der Waals surface area contributed by atoms with Crippen molar-refractivity contribution in [3.05, 3.63) is 0 Å². The van der Waals surface area contributed by atoms with Crippen LogP contribution in [0.3, 0.4) is 0 Å². The molecule has 0 saturated carbocycles. The molecular formula is C12H18O6.